The maximum absolute atomic E-state index is 11.6. The normalized spacial score (nSPS) is 11.4. The van der Waals surface area contributed by atoms with Crippen molar-refractivity contribution in [1.29, 1.82) is 0 Å². The largest absolute Gasteiger partial charge is 0.394 e. The molecule has 2 aromatic carbocycles. The van der Waals surface area contributed by atoms with Crippen LogP contribution in [0.3, 0.4) is 0 Å². The maximum atomic E-state index is 11.6. The number of hydrogen-bond acceptors (Lipinski definition) is 7. The third-order valence-electron chi connectivity index (χ3n) is 4.52. The van der Waals surface area contributed by atoms with Gasteiger partial charge in [-0.3, -0.25) is 4.79 Å². The molecule has 3 N–H and O–H groups in total. The lowest BCUT2D eigenvalue weighted by Crippen LogP contribution is -2.15. The van der Waals surface area contributed by atoms with Crippen LogP contribution in [-0.2, 0) is 4.79 Å². The molecule has 1 atom stereocenters. The topological polar surface area (TPSA) is 100 Å². The van der Waals surface area contributed by atoms with Gasteiger partial charge in [-0.05, 0) is 42.7 Å². The Kier molecular flexibility index (Phi) is 6.17. The maximum Gasteiger partial charge on any atom is 0.300 e. The smallest absolute Gasteiger partial charge is 0.300 e. The molecule has 8 heteroatoms. The van der Waals surface area contributed by atoms with E-state index in [9.17, 15) is 9.90 Å². The average molecular weight is 430 g/mol. The molecule has 31 heavy (non-hydrogen) atoms. The number of aliphatic hydroxyl groups is 1. The summed E-state index contributed by atoms with van der Waals surface area (Å²) in [5.41, 5.74) is 3.16. The molecule has 4 rings (SSSR count). The third kappa shape index (κ3) is 4.69. The molecule has 1 amide bonds. The Morgan fingerprint density at radius 1 is 1.13 bits per heavy atom. The first-order valence-electron chi connectivity index (χ1n) is 9.56. The fourth-order valence-corrected chi connectivity index (χ4v) is 3.95. The van der Waals surface area contributed by atoms with Crippen molar-refractivity contribution in [3.05, 3.63) is 66.5 Å². The van der Waals surface area contributed by atoms with Gasteiger partial charge in [0, 0.05) is 11.3 Å². The number of rotatable bonds is 6. The number of amides is 1. The number of nitrogens with zero attached hydrogens (tertiary/aromatic N) is 3. The van der Waals surface area contributed by atoms with Crippen LogP contribution in [0.5, 0.6) is 0 Å². The number of benzene rings is 2. The first-order chi connectivity index (χ1) is 15.2. The van der Waals surface area contributed by atoms with E-state index >= 15 is 0 Å². The zero-order valence-electron chi connectivity index (χ0n) is 16.7. The number of aromatic nitrogens is 3. The fourth-order valence-electron chi connectivity index (χ4n) is 3.04. The molecule has 2 aromatic heterocycles. The van der Waals surface area contributed by atoms with Gasteiger partial charge in [-0.15, -0.1) is 0 Å². The molecule has 0 saturated carbocycles. The number of thiazole rings is 1. The predicted molar refractivity (Wildman–Crippen MR) is 123 cm³/mol. The zero-order chi connectivity index (χ0) is 21.6. The van der Waals surface area contributed by atoms with Crippen molar-refractivity contribution in [3.63, 3.8) is 0 Å². The summed E-state index contributed by atoms with van der Waals surface area (Å²) in [6.45, 7) is 1.53. The third-order valence-corrected chi connectivity index (χ3v) is 5.53. The minimum absolute atomic E-state index is 0.0813. The summed E-state index contributed by atoms with van der Waals surface area (Å²) >= 11 is 1.45. The van der Waals surface area contributed by atoms with Crippen LogP contribution < -0.4 is 10.6 Å². The van der Waals surface area contributed by atoms with E-state index in [0.717, 1.165) is 21.0 Å². The average Bonchev–Trinajstić information content (AvgIpc) is 3.24. The van der Waals surface area contributed by atoms with E-state index in [0.29, 0.717) is 17.0 Å². The van der Waals surface area contributed by atoms with Gasteiger partial charge in [-0.25, -0.2) is 15.0 Å². The summed E-state index contributed by atoms with van der Waals surface area (Å²) < 4.78 is 0. The Balaban J connectivity index is 1.60. The molecule has 0 aliphatic carbocycles. The highest BCUT2D eigenvalue weighted by atomic mass is 32.1. The van der Waals surface area contributed by atoms with E-state index in [2.05, 4.69) is 32.4 Å². The molecule has 2 heterocycles. The summed E-state index contributed by atoms with van der Waals surface area (Å²) in [5, 5.41) is 16.6. The highest BCUT2D eigenvalue weighted by Crippen LogP contribution is 2.33. The van der Waals surface area contributed by atoms with Gasteiger partial charge in [0.1, 0.15) is 21.7 Å². The van der Waals surface area contributed by atoms with Gasteiger partial charge in [0.15, 0.2) is 5.82 Å². The summed E-state index contributed by atoms with van der Waals surface area (Å²) in [5.74, 6) is 5.23. The van der Waals surface area contributed by atoms with Crippen molar-refractivity contribution in [2.24, 2.45) is 0 Å². The van der Waals surface area contributed by atoms with E-state index in [4.69, 9.17) is 4.98 Å². The van der Waals surface area contributed by atoms with Crippen LogP contribution in [0.2, 0.25) is 0 Å². The van der Waals surface area contributed by atoms with Crippen molar-refractivity contribution in [3.8, 4) is 22.4 Å². The van der Waals surface area contributed by atoms with Gasteiger partial charge in [-0.1, -0.05) is 47.6 Å². The Labute approximate surface area is 183 Å². The number of hydrogen-bond donors (Lipinski definition) is 3. The summed E-state index contributed by atoms with van der Waals surface area (Å²) in [6, 6.07) is 16.8. The molecule has 0 radical (unpaired) electrons. The molecule has 0 unspecified atom stereocenters. The fraction of sp³-hybridized carbons (Fsp3) is 0.130. The van der Waals surface area contributed by atoms with Gasteiger partial charge < -0.3 is 15.7 Å². The van der Waals surface area contributed by atoms with E-state index in [1.54, 1.807) is 19.1 Å². The van der Waals surface area contributed by atoms with Crippen LogP contribution in [0.25, 0.3) is 20.9 Å². The molecule has 7 nitrogen and oxygen atoms in total. The Morgan fingerprint density at radius 3 is 2.61 bits per heavy atom. The lowest BCUT2D eigenvalue weighted by atomic mass is 10.1. The van der Waals surface area contributed by atoms with E-state index in [-0.39, 0.29) is 18.6 Å². The molecular weight excluding hydrogens is 410 g/mol. The molecule has 0 saturated heterocycles. The van der Waals surface area contributed by atoms with Crippen molar-refractivity contribution >= 4 is 39.1 Å². The van der Waals surface area contributed by atoms with Crippen LogP contribution in [0.1, 0.15) is 18.5 Å². The van der Waals surface area contributed by atoms with Crippen LogP contribution in [0.4, 0.5) is 11.5 Å². The zero-order valence-corrected chi connectivity index (χ0v) is 17.5. The molecule has 0 aliphatic heterocycles. The Morgan fingerprint density at radius 2 is 1.90 bits per heavy atom. The second-order valence-electron chi connectivity index (χ2n) is 6.59. The monoisotopic (exact) mass is 429 g/mol. The highest BCUT2D eigenvalue weighted by molar-refractivity contribution is 7.21. The van der Waals surface area contributed by atoms with E-state index < -0.39 is 0 Å². The van der Waals surface area contributed by atoms with Crippen molar-refractivity contribution in [1.82, 2.24) is 15.0 Å². The van der Waals surface area contributed by atoms with Crippen molar-refractivity contribution in [2.75, 3.05) is 17.2 Å². The molecule has 0 fully saturated rings. The Hall–Kier alpha value is -3.80. The highest BCUT2D eigenvalue weighted by Gasteiger charge is 2.16. The second-order valence-corrected chi connectivity index (χ2v) is 7.57. The Bertz CT molecular complexity index is 1260. The predicted octanol–water partition coefficient (Wildman–Crippen LogP) is 3.86. The molecule has 154 valence electrons. The summed E-state index contributed by atoms with van der Waals surface area (Å²) in [6.07, 6.45) is 1.49. The van der Waals surface area contributed by atoms with Crippen molar-refractivity contribution < 1.29 is 9.90 Å². The minimum Gasteiger partial charge on any atom is -0.394 e. The number of carbonyl (C=O) groups is 1. The van der Waals surface area contributed by atoms with Crippen molar-refractivity contribution in [2.45, 2.75) is 13.0 Å². The number of aliphatic hydroxyl groups excluding tert-OH is 1. The van der Waals surface area contributed by atoms with E-state index in [1.165, 1.54) is 17.7 Å². The van der Waals surface area contributed by atoms with Gasteiger partial charge >= 0.3 is 0 Å². The molecular formula is C23H19N5O2S. The molecule has 0 aliphatic rings. The first-order valence-corrected chi connectivity index (χ1v) is 10.4. The number of anilines is 2. The van der Waals surface area contributed by atoms with Gasteiger partial charge in [0.2, 0.25) is 0 Å². The molecule has 0 spiro atoms. The number of fused-ring (bicyclic) bond motifs is 1. The number of carbonyl (C=O) groups excluding carboxylic acids is 1. The lowest BCUT2D eigenvalue weighted by molar-refractivity contribution is -0.111. The van der Waals surface area contributed by atoms with Crippen LogP contribution in [-0.4, -0.2) is 32.6 Å². The van der Waals surface area contributed by atoms with Gasteiger partial charge in [0.05, 0.1) is 12.6 Å². The second kappa shape index (κ2) is 9.34. The SMILES string of the molecule is CC#CC(=O)Nc1ccc(-c2nc3c(N[C@H](CO)c4ccccc4)ncnc3s2)cc1. The standard InChI is InChI=1S/C23H19N5O2S/c1-2-6-19(30)26-17-11-9-16(10-12-17)22-28-20-21(24-14-25-23(20)31-22)27-18(13-29)15-7-4-3-5-8-15/h3-5,7-12,14,18,29H,13H2,1H3,(H,26,30)(H,24,25,27)/t18-/m1/s1. The van der Waals surface area contributed by atoms with Gasteiger partial charge in [-0.2, -0.15) is 0 Å². The van der Waals surface area contributed by atoms with Crippen LogP contribution in [0.15, 0.2) is 60.9 Å². The lowest BCUT2D eigenvalue weighted by Gasteiger charge is -2.17. The molecule has 4 aromatic rings. The quantitative estimate of drug-likeness (QED) is 0.403. The first kappa shape index (κ1) is 20.5. The van der Waals surface area contributed by atoms with Crippen LogP contribution in [0, 0.1) is 11.8 Å². The van der Waals surface area contributed by atoms with Gasteiger partial charge in [0.25, 0.3) is 5.91 Å². The van der Waals surface area contributed by atoms with E-state index in [1.807, 2.05) is 42.5 Å². The summed E-state index contributed by atoms with van der Waals surface area (Å²) in [4.78, 5) is 25.8. The number of nitrogens with one attached hydrogen (secondary N) is 2. The summed E-state index contributed by atoms with van der Waals surface area (Å²) in [7, 11) is 0. The minimum atomic E-state index is -0.349. The van der Waals surface area contributed by atoms with Crippen LogP contribution >= 0.6 is 11.3 Å². The molecule has 0 bridgehead atoms.